The Hall–Kier alpha value is -1.43. The molecule has 0 bridgehead atoms. The zero-order chi connectivity index (χ0) is 13.8. The predicted molar refractivity (Wildman–Crippen MR) is 62.2 cm³/mol. The van der Waals surface area contributed by atoms with Crippen LogP contribution in [0.5, 0.6) is 0 Å². The van der Waals surface area contributed by atoms with Crippen molar-refractivity contribution >= 4 is 23.3 Å². The first-order valence-electron chi connectivity index (χ1n) is 5.13. The molecule has 0 heterocycles. The van der Waals surface area contributed by atoms with Crippen LogP contribution in [0.3, 0.4) is 0 Å². The highest BCUT2D eigenvalue weighted by atomic mass is 35.5. The van der Waals surface area contributed by atoms with Gasteiger partial charge in [0.15, 0.2) is 0 Å². The van der Waals surface area contributed by atoms with E-state index in [1.54, 1.807) is 0 Å². The smallest absolute Gasteiger partial charge is 0.389 e. The minimum atomic E-state index is -4.20. The largest absolute Gasteiger partial charge is 0.478 e. The van der Waals surface area contributed by atoms with Crippen molar-refractivity contribution in [2.45, 2.75) is 19.0 Å². The number of alkyl halides is 3. The summed E-state index contributed by atoms with van der Waals surface area (Å²) in [5.41, 5.74) is 0.198. The molecule has 0 aliphatic carbocycles. The number of benzene rings is 1. The first kappa shape index (κ1) is 14.6. The molecule has 0 atom stereocenters. The van der Waals surface area contributed by atoms with E-state index in [0.717, 1.165) is 0 Å². The fourth-order valence-corrected chi connectivity index (χ4v) is 1.53. The minimum absolute atomic E-state index is 0.0431. The van der Waals surface area contributed by atoms with Gasteiger partial charge in [-0.15, -0.1) is 0 Å². The number of halogens is 4. The molecule has 3 nitrogen and oxygen atoms in total. The maximum absolute atomic E-state index is 11.9. The number of aromatic carboxylic acids is 1. The summed E-state index contributed by atoms with van der Waals surface area (Å²) >= 11 is 5.64. The highest BCUT2D eigenvalue weighted by Crippen LogP contribution is 2.23. The molecule has 0 aliphatic heterocycles. The second-order valence-electron chi connectivity index (χ2n) is 3.64. The summed E-state index contributed by atoms with van der Waals surface area (Å²) in [4.78, 5) is 10.9. The summed E-state index contributed by atoms with van der Waals surface area (Å²) in [7, 11) is 0. The zero-order valence-electron chi connectivity index (χ0n) is 9.22. The molecule has 0 fully saturated rings. The highest BCUT2D eigenvalue weighted by molar-refractivity contribution is 6.31. The van der Waals surface area contributed by atoms with Crippen molar-refractivity contribution in [1.82, 2.24) is 0 Å². The lowest BCUT2D eigenvalue weighted by Gasteiger charge is -2.10. The number of rotatable bonds is 5. The zero-order valence-corrected chi connectivity index (χ0v) is 9.98. The van der Waals surface area contributed by atoms with E-state index in [1.807, 2.05) is 0 Å². The maximum atomic E-state index is 11.9. The van der Waals surface area contributed by atoms with Crippen molar-refractivity contribution in [1.29, 1.82) is 0 Å². The van der Waals surface area contributed by atoms with Crippen molar-refractivity contribution in [2.24, 2.45) is 0 Å². The van der Waals surface area contributed by atoms with Crippen LogP contribution < -0.4 is 5.32 Å². The van der Waals surface area contributed by atoms with Gasteiger partial charge in [-0.05, 0) is 24.6 Å². The predicted octanol–water partition coefficient (Wildman–Crippen LogP) is 3.79. The van der Waals surface area contributed by atoms with Crippen LogP contribution >= 0.6 is 11.6 Å². The Morgan fingerprint density at radius 2 is 2.06 bits per heavy atom. The summed E-state index contributed by atoms with van der Waals surface area (Å²) < 4.78 is 35.7. The van der Waals surface area contributed by atoms with Gasteiger partial charge in [0, 0.05) is 23.7 Å². The van der Waals surface area contributed by atoms with Gasteiger partial charge in [-0.2, -0.15) is 13.2 Å². The van der Waals surface area contributed by atoms with Gasteiger partial charge in [-0.25, -0.2) is 4.79 Å². The highest BCUT2D eigenvalue weighted by Gasteiger charge is 2.25. The summed E-state index contributed by atoms with van der Waals surface area (Å²) in [6.07, 6.45) is -5.22. The van der Waals surface area contributed by atoms with Crippen molar-refractivity contribution < 1.29 is 23.1 Å². The van der Waals surface area contributed by atoms with E-state index in [1.165, 1.54) is 18.2 Å². The van der Waals surface area contributed by atoms with E-state index in [9.17, 15) is 18.0 Å². The van der Waals surface area contributed by atoms with E-state index >= 15 is 0 Å². The molecule has 0 aromatic heterocycles. The number of hydrogen-bond donors (Lipinski definition) is 2. The van der Waals surface area contributed by atoms with Crippen LogP contribution in [0.1, 0.15) is 23.2 Å². The molecule has 18 heavy (non-hydrogen) atoms. The maximum Gasteiger partial charge on any atom is 0.389 e. The molecule has 0 saturated carbocycles. The Balaban J connectivity index is 2.59. The van der Waals surface area contributed by atoms with Gasteiger partial charge in [0.1, 0.15) is 0 Å². The lowest BCUT2D eigenvalue weighted by Crippen LogP contribution is -2.12. The Kier molecular flexibility index (Phi) is 4.84. The van der Waals surface area contributed by atoms with Crippen LogP contribution in [0.4, 0.5) is 18.9 Å². The lowest BCUT2D eigenvalue weighted by molar-refractivity contribution is -0.134. The number of hydrogen-bond acceptors (Lipinski definition) is 2. The van der Waals surface area contributed by atoms with E-state index in [0.29, 0.717) is 0 Å². The van der Waals surface area contributed by atoms with Gasteiger partial charge in [0.2, 0.25) is 0 Å². The molecule has 100 valence electrons. The Labute approximate surface area is 107 Å². The molecular formula is C11H11ClF3NO2. The summed E-state index contributed by atoms with van der Waals surface area (Å²) in [6.45, 7) is 0.0431. The van der Waals surface area contributed by atoms with Gasteiger partial charge in [-0.1, -0.05) is 11.6 Å². The monoisotopic (exact) mass is 281 g/mol. The Morgan fingerprint density at radius 1 is 1.39 bits per heavy atom. The number of carboxylic acid groups (broad SMARTS) is 1. The Bertz CT molecular complexity index is 435. The van der Waals surface area contributed by atoms with Crippen LogP contribution in [-0.2, 0) is 0 Å². The van der Waals surface area contributed by atoms with Crippen LogP contribution in [0.25, 0.3) is 0 Å². The fraction of sp³-hybridized carbons (Fsp3) is 0.364. The molecular weight excluding hydrogens is 271 g/mol. The molecule has 1 rings (SSSR count). The minimum Gasteiger partial charge on any atom is -0.478 e. The van der Waals surface area contributed by atoms with E-state index in [2.05, 4.69) is 5.32 Å². The second-order valence-corrected chi connectivity index (χ2v) is 4.08. The average Bonchev–Trinajstić information content (AvgIpc) is 2.24. The van der Waals surface area contributed by atoms with Gasteiger partial charge in [0.05, 0.1) is 5.56 Å². The van der Waals surface area contributed by atoms with Crippen molar-refractivity contribution in [2.75, 3.05) is 11.9 Å². The van der Waals surface area contributed by atoms with E-state index in [-0.39, 0.29) is 29.2 Å². The van der Waals surface area contributed by atoms with Gasteiger partial charge in [0.25, 0.3) is 0 Å². The fourth-order valence-electron chi connectivity index (χ4n) is 1.36. The van der Waals surface area contributed by atoms with Crippen molar-refractivity contribution in [3.05, 3.63) is 28.8 Å². The summed E-state index contributed by atoms with van der Waals surface area (Å²) in [6, 6.07) is 4.15. The molecule has 0 amide bonds. The van der Waals surface area contributed by atoms with Gasteiger partial charge >= 0.3 is 12.1 Å². The standard InChI is InChI=1S/C11H11ClF3NO2/c12-7-2-3-9(8(6-7)10(17)18)16-5-1-4-11(13,14)15/h2-3,6,16H,1,4-5H2,(H,17,18). The lowest BCUT2D eigenvalue weighted by atomic mass is 10.1. The van der Waals surface area contributed by atoms with Crippen molar-refractivity contribution in [3.63, 3.8) is 0 Å². The quantitative estimate of drug-likeness (QED) is 0.807. The van der Waals surface area contributed by atoms with Gasteiger partial charge in [-0.3, -0.25) is 0 Å². The van der Waals surface area contributed by atoms with Crippen LogP contribution in [0.15, 0.2) is 18.2 Å². The molecule has 1 aromatic carbocycles. The summed E-state index contributed by atoms with van der Waals surface area (Å²) in [5.74, 6) is -1.18. The molecule has 2 N–H and O–H groups in total. The molecule has 1 aromatic rings. The Morgan fingerprint density at radius 3 is 2.61 bits per heavy atom. The SMILES string of the molecule is O=C(O)c1cc(Cl)ccc1NCCCC(F)(F)F. The van der Waals surface area contributed by atoms with Crippen LogP contribution in [-0.4, -0.2) is 23.8 Å². The van der Waals surface area contributed by atoms with E-state index < -0.39 is 18.6 Å². The molecule has 0 saturated heterocycles. The normalized spacial score (nSPS) is 11.3. The van der Waals surface area contributed by atoms with Gasteiger partial charge < -0.3 is 10.4 Å². The van der Waals surface area contributed by atoms with Crippen LogP contribution in [0.2, 0.25) is 5.02 Å². The second kappa shape index (κ2) is 5.95. The van der Waals surface area contributed by atoms with Crippen molar-refractivity contribution in [3.8, 4) is 0 Å². The molecule has 0 radical (unpaired) electrons. The number of carbonyl (C=O) groups is 1. The summed E-state index contributed by atoms with van der Waals surface area (Å²) in [5, 5.41) is 11.8. The first-order valence-corrected chi connectivity index (χ1v) is 5.51. The molecule has 0 spiro atoms. The number of carboxylic acids is 1. The van der Waals surface area contributed by atoms with Crippen LogP contribution in [0, 0.1) is 0 Å². The molecule has 0 unspecified atom stereocenters. The number of anilines is 1. The molecule has 0 aliphatic rings. The number of nitrogens with one attached hydrogen (secondary N) is 1. The third kappa shape index (κ3) is 4.83. The third-order valence-electron chi connectivity index (χ3n) is 2.16. The average molecular weight is 282 g/mol. The third-order valence-corrected chi connectivity index (χ3v) is 2.40. The molecule has 7 heteroatoms. The topological polar surface area (TPSA) is 49.3 Å². The van der Waals surface area contributed by atoms with E-state index in [4.69, 9.17) is 16.7 Å². The first-order chi connectivity index (χ1) is 8.29.